The van der Waals surface area contributed by atoms with Gasteiger partial charge in [-0.1, -0.05) is 23.2 Å². The van der Waals surface area contributed by atoms with Crippen LogP contribution in [-0.2, 0) is 11.0 Å². The smallest absolute Gasteiger partial charge is 0.417 e. The Labute approximate surface area is 196 Å². The molecule has 3 amide bonds. The van der Waals surface area contributed by atoms with E-state index in [2.05, 4.69) is 15.6 Å². The number of anilines is 3. The lowest BCUT2D eigenvalue weighted by molar-refractivity contribution is -0.137. The van der Waals surface area contributed by atoms with Gasteiger partial charge in [-0.25, -0.2) is 9.78 Å². The van der Waals surface area contributed by atoms with Gasteiger partial charge < -0.3 is 20.3 Å². The molecule has 0 aliphatic heterocycles. The van der Waals surface area contributed by atoms with Gasteiger partial charge in [0, 0.05) is 31.1 Å². The Kier molecular flexibility index (Phi) is 7.29. The molecule has 7 nitrogen and oxygen atoms in total. The Balaban J connectivity index is 1.68. The number of ether oxygens (including phenoxy) is 1. The summed E-state index contributed by atoms with van der Waals surface area (Å²) in [6.45, 7) is 0. The summed E-state index contributed by atoms with van der Waals surface area (Å²) < 4.78 is 44.6. The van der Waals surface area contributed by atoms with Crippen molar-refractivity contribution in [3.63, 3.8) is 0 Å². The van der Waals surface area contributed by atoms with Gasteiger partial charge in [-0.3, -0.25) is 4.79 Å². The highest BCUT2D eigenvalue weighted by Gasteiger charge is 2.33. The molecule has 0 fully saturated rings. The summed E-state index contributed by atoms with van der Waals surface area (Å²) in [5, 5.41) is 4.38. The van der Waals surface area contributed by atoms with Crippen LogP contribution in [0.3, 0.4) is 0 Å². The number of benzene rings is 2. The molecule has 0 bridgehead atoms. The van der Waals surface area contributed by atoms with Crippen molar-refractivity contribution in [2.24, 2.45) is 0 Å². The first-order valence-electron chi connectivity index (χ1n) is 9.13. The average molecular weight is 499 g/mol. The number of carbonyl (C=O) groups is 2. The van der Waals surface area contributed by atoms with Crippen LogP contribution < -0.4 is 20.3 Å². The van der Waals surface area contributed by atoms with Gasteiger partial charge >= 0.3 is 12.2 Å². The number of carbonyl (C=O) groups excluding carboxylic acids is 2. The minimum Gasteiger partial charge on any atom is -0.457 e. The largest absolute Gasteiger partial charge is 0.457 e. The molecule has 3 aromatic rings. The Morgan fingerprint density at radius 1 is 1.03 bits per heavy atom. The molecule has 0 spiro atoms. The molecule has 1 aromatic heterocycles. The third-order valence-corrected chi connectivity index (χ3v) is 4.83. The number of pyridine rings is 1. The quantitative estimate of drug-likeness (QED) is 0.383. The van der Waals surface area contributed by atoms with E-state index in [4.69, 9.17) is 27.9 Å². The molecule has 3 rings (SSSR count). The lowest BCUT2D eigenvalue weighted by atomic mass is 10.2. The Morgan fingerprint density at radius 2 is 1.76 bits per heavy atom. The number of rotatable bonds is 6. The molecule has 0 radical (unpaired) electrons. The van der Waals surface area contributed by atoms with E-state index in [1.165, 1.54) is 42.4 Å². The summed E-state index contributed by atoms with van der Waals surface area (Å²) in [5.74, 6) is 1.11. The molecule has 0 aliphatic carbocycles. The van der Waals surface area contributed by atoms with Crippen LogP contribution in [0.2, 0.25) is 10.0 Å². The molecular formula is C21H15Cl2F3N4O3. The van der Waals surface area contributed by atoms with Gasteiger partial charge in [0.15, 0.2) is 0 Å². The minimum atomic E-state index is -4.66. The number of alkyl halides is 3. The molecule has 0 unspecified atom stereocenters. The van der Waals surface area contributed by atoms with Crippen molar-refractivity contribution in [3.8, 4) is 11.5 Å². The zero-order chi connectivity index (χ0) is 24.2. The number of hydrogen-bond acceptors (Lipinski definition) is 4. The van der Waals surface area contributed by atoms with Crippen LogP contribution in [-0.4, -0.2) is 24.5 Å². The maximum absolute atomic E-state index is 13.0. The van der Waals surface area contributed by atoms with Crippen LogP contribution in [0.1, 0.15) is 5.56 Å². The summed E-state index contributed by atoms with van der Waals surface area (Å²) >= 11 is 11.8. The molecule has 172 valence electrons. The highest BCUT2D eigenvalue weighted by Crippen LogP contribution is 2.36. The lowest BCUT2D eigenvalue weighted by Crippen LogP contribution is -2.20. The van der Waals surface area contributed by atoms with Crippen LogP contribution in [0.5, 0.6) is 11.5 Å². The van der Waals surface area contributed by atoms with E-state index in [-0.39, 0.29) is 16.4 Å². The summed E-state index contributed by atoms with van der Waals surface area (Å²) in [7, 11) is 1.54. The zero-order valence-corrected chi connectivity index (χ0v) is 18.3. The normalized spacial score (nSPS) is 11.0. The number of aromatic nitrogens is 1. The van der Waals surface area contributed by atoms with Gasteiger partial charge in [-0.05, 0) is 36.4 Å². The monoisotopic (exact) mass is 498 g/mol. The van der Waals surface area contributed by atoms with E-state index < -0.39 is 22.8 Å². The highest BCUT2D eigenvalue weighted by molar-refractivity contribution is 6.34. The van der Waals surface area contributed by atoms with Gasteiger partial charge in [-0.15, -0.1) is 0 Å². The second kappa shape index (κ2) is 9.97. The number of nitrogens with one attached hydrogen (secondary N) is 2. The molecule has 12 heteroatoms. The summed E-state index contributed by atoms with van der Waals surface area (Å²) in [6.07, 6.45) is -2.60. The lowest BCUT2D eigenvalue weighted by Gasteiger charge is -2.14. The second-order valence-electron chi connectivity index (χ2n) is 6.58. The standard InChI is InChI=1S/C21H15Cl2F3N4O3/c1-30(11-31)19-10-14(6-7-27-19)33-13-3-5-18(17(23)9-13)29-20(32)28-12-2-4-16(22)15(8-12)21(24,25)26/h2-11H,1H3,(H2,28,29,32). The number of hydrogen-bond donors (Lipinski definition) is 2. The average Bonchev–Trinajstić information content (AvgIpc) is 2.76. The van der Waals surface area contributed by atoms with E-state index in [1.54, 1.807) is 12.1 Å². The molecule has 2 N–H and O–H groups in total. The molecule has 2 aromatic carbocycles. The third-order valence-electron chi connectivity index (χ3n) is 4.19. The van der Waals surface area contributed by atoms with E-state index in [0.717, 1.165) is 12.1 Å². The number of halogens is 5. The van der Waals surface area contributed by atoms with Crippen LogP contribution in [0.25, 0.3) is 0 Å². The minimum absolute atomic E-state index is 0.103. The van der Waals surface area contributed by atoms with Crippen LogP contribution >= 0.6 is 23.2 Å². The van der Waals surface area contributed by atoms with Crippen LogP contribution in [0.15, 0.2) is 54.7 Å². The molecule has 33 heavy (non-hydrogen) atoms. The fourth-order valence-electron chi connectivity index (χ4n) is 2.61. The predicted molar refractivity (Wildman–Crippen MR) is 119 cm³/mol. The number of urea groups is 1. The van der Waals surface area contributed by atoms with Gasteiger partial charge in [0.05, 0.1) is 21.3 Å². The van der Waals surface area contributed by atoms with Crippen LogP contribution in [0.4, 0.5) is 35.2 Å². The summed E-state index contributed by atoms with van der Waals surface area (Å²) in [5.41, 5.74) is -0.975. The second-order valence-corrected chi connectivity index (χ2v) is 7.40. The van der Waals surface area contributed by atoms with E-state index in [9.17, 15) is 22.8 Å². The first kappa shape index (κ1) is 24.1. The zero-order valence-electron chi connectivity index (χ0n) is 16.8. The van der Waals surface area contributed by atoms with Crippen molar-refractivity contribution in [1.29, 1.82) is 0 Å². The van der Waals surface area contributed by atoms with Gasteiger partial charge in [-0.2, -0.15) is 13.2 Å². The molecule has 1 heterocycles. The predicted octanol–water partition coefficient (Wildman–Crippen LogP) is 6.44. The van der Waals surface area contributed by atoms with Gasteiger partial charge in [0.2, 0.25) is 6.41 Å². The van der Waals surface area contributed by atoms with E-state index in [1.807, 2.05) is 0 Å². The van der Waals surface area contributed by atoms with Crippen molar-refractivity contribution < 1.29 is 27.5 Å². The van der Waals surface area contributed by atoms with Crippen molar-refractivity contribution >= 4 is 52.8 Å². The first-order chi connectivity index (χ1) is 15.6. The van der Waals surface area contributed by atoms with Crippen LogP contribution in [0, 0.1) is 0 Å². The molecule has 0 saturated carbocycles. The topological polar surface area (TPSA) is 83.6 Å². The maximum atomic E-state index is 13.0. The number of amides is 3. The van der Waals surface area contributed by atoms with Crippen molar-refractivity contribution in [2.75, 3.05) is 22.6 Å². The Morgan fingerprint density at radius 3 is 2.42 bits per heavy atom. The van der Waals surface area contributed by atoms with Crippen molar-refractivity contribution in [1.82, 2.24) is 4.98 Å². The molecule has 0 atom stereocenters. The van der Waals surface area contributed by atoms with Crippen molar-refractivity contribution in [3.05, 3.63) is 70.3 Å². The fraction of sp³-hybridized carbons (Fsp3) is 0.0952. The molecule has 0 saturated heterocycles. The third kappa shape index (κ3) is 6.27. The number of nitrogens with zero attached hydrogens (tertiary/aromatic N) is 2. The first-order valence-corrected chi connectivity index (χ1v) is 9.89. The fourth-order valence-corrected chi connectivity index (χ4v) is 3.05. The maximum Gasteiger partial charge on any atom is 0.417 e. The van der Waals surface area contributed by atoms with Crippen molar-refractivity contribution in [2.45, 2.75) is 6.18 Å². The Hall–Kier alpha value is -3.50. The molecular weight excluding hydrogens is 484 g/mol. The SMILES string of the molecule is CN(C=O)c1cc(Oc2ccc(NC(=O)Nc3ccc(Cl)c(C(F)(F)F)c3)c(Cl)c2)ccn1. The van der Waals surface area contributed by atoms with E-state index in [0.29, 0.717) is 23.7 Å². The summed E-state index contributed by atoms with van der Waals surface area (Å²) in [6, 6.07) is 9.74. The molecule has 0 aliphatic rings. The van der Waals surface area contributed by atoms with Gasteiger partial charge in [0.25, 0.3) is 0 Å². The Bertz CT molecular complexity index is 1190. The van der Waals surface area contributed by atoms with Gasteiger partial charge in [0.1, 0.15) is 17.3 Å². The van der Waals surface area contributed by atoms with E-state index >= 15 is 0 Å². The summed E-state index contributed by atoms with van der Waals surface area (Å²) in [4.78, 5) is 28.4. The highest BCUT2D eigenvalue weighted by atomic mass is 35.5.